The third-order valence-corrected chi connectivity index (χ3v) is 5.12. The van der Waals surface area contributed by atoms with E-state index in [1.54, 1.807) is 17.0 Å². The lowest BCUT2D eigenvalue weighted by Crippen LogP contribution is -2.47. The Kier molecular flexibility index (Phi) is 6.87. The number of benzene rings is 2. The molecule has 1 heterocycles. The van der Waals surface area contributed by atoms with Gasteiger partial charge in [0.25, 0.3) is 0 Å². The van der Waals surface area contributed by atoms with Crippen LogP contribution in [0.2, 0.25) is 0 Å². The number of para-hydroxylation sites is 1. The van der Waals surface area contributed by atoms with Gasteiger partial charge in [-0.1, -0.05) is 18.2 Å². The van der Waals surface area contributed by atoms with Gasteiger partial charge in [-0.3, -0.25) is 9.69 Å². The molecule has 5 nitrogen and oxygen atoms in total. The Bertz CT molecular complexity index is 878. The van der Waals surface area contributed by atoms with Gasteiger partial charge in [-0.15, -0.1) is 0 Å². The molecule has 0 radical (unpaired) electrons. The molecule has 162 valence electrons. The molecule has 1 fully saturated rings. The van der Waals surface area contributed by atoms with Gasteiger partial charge in [0.05, 0.1) is 12.7 Å². The van der Waals surface area contributed by atoms with Crippen molar-refractivity contribution in [1.29, 1.82) is 0 Å². The molecular weight excluding hydrogens is 397 g/mol. The first-order chi connectivity index (χ1) is 14.3. The van der Waals surface area contributed by atoms with E-state index in [2.05, 4.69) is 4.90 Å². The molecular formula is C22H25F3N2O3. The highest BCUT2D eigenvalue weighted by Gasteiger charge is 2.35. The summed E-state index contributed by atoms with van der Waals surface area (Å²) in [4.78, 5) is 15.2. The first-order valence-corrected chi connectivity index (χ1v) is 9.77. The van der Waals surface area contributed by atoms with Crippen molar-refractivity contribution in [3.8, 4) is 11.5 Å². The van der Waals surface area contributed by atoms with Crippen LogP contribution in [0, 0.1) is 0 Å². The fourth-order valence-corrected chi connectivity index (χ4v) is 3.60. The second-order valence-electron chi connectivity index (χ2n) is 7.17. The van der Waals surface area contributed by atoms with Crippen LogP contribution in [0.5, 0.6) is 11.5 Å². The van der Waals surface area contributed by atoms with E-state index in [1.807, 2.05) is 12.1 Å². The number of carbonyl (C=O) groups is 1. The second-order valence-corrected chi connectivity index (χ2v) is 7.17. The number of nitrogens with zero attached hydrogens (tertiary/aromatic N) is 2. The van der Waals surface area contributed by atoms with E-state index in [4.69, 9.17) is 9.47 Å². The number of carbonyl (C=O) groups excluding carboxylic acids is 1. The topological polar surface area (TPSA) is 42.0 Å². The molecule has 0 aliphatic carbocycles. The maximum Gasteiger partial charge on any atom is 0.418 e. The van der Waals surface area contributed by atoms with Crippen LogP contribution in [0.4, 0.5) is 18.9 Å². The van der Waals surface area contributed by atoms with Crippen molar-refractivity contribution in [2.45, 2.75) is 19.5 Å². The Hall–Kier alpha value is -2.74. The summed E-state index contributed by atoms with van der Waals surface area (Å²) < 4.78 is 50.2. The molecule has 3 rings (SSSR count). The van der Waals surface area contributed by atoms with Crippen LogP contribution in [0.25, 0.3) is 0 Å². The van der Waals surface area contributed by atoms with Crippen LogP contribution in [-0.4, -0.2) is 50.7 Å². The average molecular weight is 422 g/mol. The van der Waals surface area contributed by atoms with Crippen LogP contribution in [0.3, 0.4) is 0 Å². The largest absolute Gasteiger partial charge is 0.493 e. The Balaban J connectivity index is 1.57. The number of halogens is 3. The maximum absolute atomic E-state index is 13.3. The molecule has 0 aromatic heterocycles. The van der Waals surface area contributed by atoms with Crippen molar-refractivity contribution in [3.63, 3.8) is 0 Å². The van der Waals surface area contributed by atoms with Crippen molar-refractivity contribution in [1.82, 2.24) is 4.90 Å². The number of rotatable bonds is 6. The zero-order chi connectivity index (χ0) is 21.7. The third-order valence-electron chi connectivity index (χ3n) is 5.12. The Morgan fingerprint density at radius 2 is 1.73 bits per heavy atom. The average Bonchev–Trinajstić information content (AvgIpc) is 2.72. The van der Waals surface area contributed by atoms with Gasteiger partial charge in [0.15, 0.2) is 11.5 Å². The van der Waals surface area contributed by atoms with Crippen molar-refractivity contribution in [2.75, 3.05) is 44.7 Å². The molecule has 0 bridgehead atoms. The lowest BCUT2D eigenvalue weighted by Gasteiger charge is -2.37. The zero-order valence-corrected chi connectivity index (χ0v) is 17.0. The third kappa shape index (κ3) is 5.44. The van der Waals surface area contributed by atoms with Crippen LogP contribution < -0.4 is 14.4 Å². The van der Waals surface area contributed by atoms with Crippen LogP contribution in [0.1, 0.15) is 18.1 Å². The minimum absolute atomic E-state index is 0.246. The molecule has 0 saturated carbocycles. The summed E-state index contributed by atoms with van der Waals surface area (Å²) >= 11 is 0. The quantitative estimate of drug-likeness (QED) is 0.520. The second kappa shape index (κ2) is 9.38. The standard InChI is InChI=1S/C22H25F3N2O3/c1-16(28)30-20-8-7-17(15-21(20)29-2)9-10-26-11-13-27(14-12-26)19-6-4-3-5-18(19)22(23,24)25/h3-8,15H,9-14H2,1-2H3. The van der Waals surface area contributed by atoms with Gasteiger partial charge in [0, 0.05) is 45.3 Å². The SMILES string of the molecule is COc1cc(CCN2CCN(c3ccccc3C(F)(F)F)CC2)ccc1OC(C)=O. The van der Waals surface area contributed by atoms with E-state index < -0.39 is 17.7 Å². The molecule has 0 amide bonds. The highest BCUT2D eigenvalue weighted by Crippen LogP contribution is 2.36. The number of methoxy groups -OCH3 is 1. The van der Waals surface area contributed by atoms with Gasteiger partial charge in [-0.2, -0.15) is 13.2 Å². The number of ether oxygens (including phenoxy) is 2. The first-order valence-electron chi connectivity index (χ1n) is 9.77. The summed E-state index contributed by atoms with van der Waals surface area (Å²) in [6.45, 7) is 4.58. The highest BCUT2D eigenvalue weighted by molar-refractivity contribution is 5.70. The molecule has 0 N–H and O–H groups in total. The maximum atomic E-state index is 13.3. The number of alkyl halides is 3. The summed E-state index contributed by atoms with van der Waals surface area (Å²) in [5.74, 6) is 0.466. The Morgan fingerprint density at radius 3 is 2.37 bits per heavy atom. The predicted molar refractivity (Wildman–Crippen MR) is 108 cm³/mol. The summed E-state index contributed by atoms with van der Waals surface area (Å²) in [6.07, 6.45) is -3.60. The molecule has 0 atom stereocenters. The van der Waals surface area contributed by atoms with Gasteiger partial charge >= 0.3 is 12.1 Å². The molecule has 8 heteroatoms. The lowest BCUT2D eigenvalue weighted by atomic mass is 10.1. The van der Waals surface area contributed by atoms with E-state index in [1.165, 1.54) is 26.2 Å². The smallest absolute Gasteiger partial charge is 0.418 e. The number of hydrogen-bond acceptors (Lipinski definition) is 5. The van der Waals surface area contributed by atoms with Gasteiger partial charge < -0.3 is 14.4 Å². The molecule has 30 heavy (non-hydrogen) atoms. The first kappa shape index (κ1) is 22.0. The minimum atomic E-state index is -4.36. The van der Waals surface area contributed by atoms with E-state index in [-0.39, 0.29) is 5.69 Å². The van der Waals surface area contributed by atoms with Crippen molar-refractivity contribution in [3.05, 3.63) is 53.6 Å². The van der Waals surface area contributed by atoms with Crippen molar-refractivity contribution in [2.24, 2.45) is 0 Å². The van der Waals surface area contributed by atoms with Gasteiger partial charge in [0.1, 0.15) is 0 Å². The fraction of sp³-hybridized carbons (Fsp3) is 0.409. The Labute approximate surface area is 174 Å². The van der Waals surface area contributed by atoms with Crippen LogP contribution in [-0.2, 0) is 17.4 Å². The number of hydrogen-bond donors (Lipinski definition) is 0. The van der Waals surface area contributed by atoms with Gasteiger partial charge in [-0.25, -0.2) is 0 Å². The summed E-state index contributed by atoms with van der Waals surface area (Å²) in [6, 6.07) is 11.2. The van der Waals surface area contributed by atoms with Crippen LogP contribution >= 0.6 is 0 Å². The molecule has 0 unspecified atom stereocenters. The molecule has 1 aliphatic heterocycles. The van der Waals surface area contributed by atoms with E-state index in [0.29, 0.717) is 37.7 Å². The number of piperazine rings is 1. The predicted octanol–water partition coefficient (Wildman–Crippen LogP) is 4.00. The molecule has 2 aromatic rings. The summed E-state index contributed by atoms with van der Waals surface area (Å²) in [7, 11) is 1.52. The minimum Gasteiger partial charge on any atom is -0.493 e. The van der Waals surface area contributed by atoms with E-state index in [9.17, 15) is 18.0 Å². The van der Waals surface area contributed by atoms with Gasteiger partial charge in [-0.05, 0) is 36.2 Å². The summed E-state index contributed by atoms with van der Waals surface area (Å²) in [5, 5.41) is 0. The van der Waals surface area contributed by atoms with Crippen molar-refractivity contribution >= 4 is 11.7 Å². The van der Waals surface area contributed by atoms with Crippen LogP contribution in [0.15, 0.2) is 42.5 Å². The monoisotopic (exact) mass is 422 g/mol. The molecule has 1 saturated heterocycles. The molecule has 1 aliphatic rings. The highest BCUT2D eigenvalue weighted by atomic mass is 19.4. The normalized spacial score (nSPS) is 15.2. The van der Waals surface area contributed by atoms with E-state index in [0.717, 1.165) is 24.6 Å². The van der Waals surface area contributed by atoms with E-state index >= 15 is 0 Å². The Morgan fingerprint density at radius 1 is 1.03 bits per heavy atom. The summed E-state index contributed by atoms with van der Waals surface area (Å²) in [5.41, 5.74) is 0.696. The molecule has 0 spiro atoms. The number of esters is 1. The van der Waals surface area contributed by atoms with Gasteiger partial charge in [0.2, 0.25) is 0 Å². The zero-order valence-electron chi connectivity index (χ0n) is 17.0. The molecule has 2 aromatic carbocycles. The lowest BCUT2D eigenvalue weighted by molar-refractivity contribution is -0.137. The fourth-order valence-electron chi connectivity index (χ4n) is 3.60. The number of anilines is 1. The van der Waals surface area contributed by atoms with Crippen molar-refractivity contribution < 1.29 is 27.4 Å².